The van der Waals surface area contributed by atoms with Gasteiger partial charge < -0.3 is 5.11 Å². The average molecular weight is 268 g/mol. The lowest BCUT2D eigenvalue weighted by Crippen LogP contribution is -2.13. The van der Waals surface area contributed by atoms with Crippen LogP contribution in [0.4, 0.5) is 0 Å². The van der Waals surface area contributed by atoms with Crippen molar-refractivity contribution >= 4 is 29.5 Å². The number of carboxylic acid groups (broad SMARTS) is 1. The van der Waals surface area contributed by atoms with Crippen LogP contribution in [0.1, 0.15) is 24.8 Å². The van der Waals surface area contributed by atoms with E-state index in [9.17, 15) is 4.79 Å². The minimum absolute atomic E-state index is 0.0822. The van der Waals surface area contributed by atoms with Gasteiger partial charge in [-0.3, -0.25) is 4.79 Å². The molecule has 0 unspecified atom stereocenters. The Morgan fingerprint density at radius 1 is 1.35 bits per heavy atom. The Morgan fingerprint density at radius 3 is 2.53 bits per heavy atom. The second-order valence-electron chi connectivity index (χ2n) is 4.42. The highest BCUT2D eigenvalue weighted by Crippen LogP contribution is 2.53. The first-order valence-corrected chi connectivity index (χ1v) is 8.00. The van der Waals surface area contributed by atoms with Crippen molar-refractivity contribution in [1.29, 1.82) is 0 Å². The van der Waals surface area contributed by atoms with Crippen LogP contribution in [0, 0.1) is 0 Å². The molecule has 1 saturated carbocycles. The SMILES string of the molecule is CSc1ccc(C2(CC(=O)O)CC2)c(SC)c1. The molecule has 0 bridgehead atoms. The summed E-state index contributed by atoms with van der Waals surface area (Å²) in [6, 6.07) is 6.39. The summed E-state index contributed by atoms with van der Waals surface area (Å²) in [5, 5.41) is 9.00. The normalized spacial score (nSPS) is 16.8. The molecule has 1 N–H and O–H groups in total. The van der Waals surface area contributed by atoms with Gasteiger partial charge in [0.25, 0.3) is 0 Å². The van der Waals surface area contributed by atoms with Crippen LogP contribution in [0.25, 0.3) is 0 Å². The molecule has 4 heteroatoms. The molecule has 0 amide bonds. The molecule has 0 radical (unpaired) electrons. The lowest BCUT2D eigenvalue weighted by molar-refractivity contribution is -0.137. The van der Waals surface area contributed by atoms with Gasteiger partial charge in [-0.15, -0.1) is 23.5 Å². The number of rotatable bonds is 5. The van der Waals surface area contributed by atoms with E-state index < -0.39 is 5.97 Å². The first-order valence-electron chi connectivity index (χ1n) is 5.55. The van der Waals surface area contributed by atoms with Crippen molar-refractivity contribution in [2.24, 2.45) is 0 Å². The fraction of sp³-hybridized carbons (Fsp3) is 0.462. The molecule has 0 aliphatic heterocycles. The molecule has 0 heterocycles. The van der Waals surface area contributed by atoms with Crippen LogP contribution in [-0.2, 0) is 10.2 Å². The largest absolute Gasteiger partial charge is 0.481 e. The van der Waals surface area contributed by atoms with E-state index in [1.807, 2.05) is 0 Å². The molecule has 2 rings (SSSR count). The third kappa shape index (κ3) is 2.63. The molecule has 2 nitrogen and oxygen atoms in total. The highest BCUT2D eigenvalue weighted by atomic mass is 32.2. The highest BCUT2D eigenvalue weighted by Gasteiger charge is 2.47. The van der Waals surface area contributed by atoms with Crippen molar-refractivity contribution in [2.45, 2.75) is 34.5 Å². The maximum Gasteiger partial charge on any atom is 0.304 e. The maximum atomic E-state index is 10.9. The van der Waals surface area contributed by atoms with Crippen molar-refractivity contribution < 1.29 is 9.90 Å². The van der Waals surface area contributed by atoms with Crippen LogP contribution in [0.15, 0.2) is 28.0 Å². The minimum atomic E-state index is -0.691. The molecule has 1 aliphatic carbocycles. The van der Waals surface area contributed by atoms with Gasteiger partial charge in [0.05, 0.1) is 6.42 Å². The van der Waals surface area contributed by atoms with Crippen LogP contribution in [0.3, 0.4) is 0 Å². The molecule has 1 aromatic rings. The molecule has 17 heavy (non-hydrogen) atoms. The number of carboxylic acids is 1. The summed E-state index contributed by atoms with van der Waals surface area (Å²) >= 11 is 3.43. The summed E-state index contributed by atoms with van der Waals surface area (Å²) in [7, 11) is 0. The molecule has 92 valence electrons. The maximum absolute atomic E-state index is 10.9. The van der Waals surface area contributed by atoms with Gasteiger partial charge in [-0.05, 0) is 43.0 Å². The van der Waals surface area contributed by atoms with Crippen molar-refractivity contribution in [1.82, 2.24) is 0 Å². The van der Waals surface area contributed by atoms with Gasteiger partial charge in [0.1, 0.15) is 0 Å². The molecule has 1 fully saturated rings. The fourth-order valence-electron chi connectivity index (χ4n) is 2.22. The quantitative estimate of drug-likeness (QED) is 0.827. The number of aliphatic carboxylic acids is 1. The van der Waals surface area contributed by atoms with Crippen molar-refractivity contribution in [2.75, 3.05) is 12.5 Å². The van der Waals surface area contributed by atoms with E-state index in [0.717, 1.165) is 12.8 Å². The van der Waals surface area contributed by atoms with E-state index in [-0.39, 0.29) is 11.8 Å². The standard InChI is InChI=1S/C13H16O2S2/c1-16-9-3-4-10(11(7-9)17-2)13(5-6-13)8-12(14)15/h3-4,7H,5-6,8H2,1-2H3,(H,14,15). The van der Waals surface area contributed by atoms with E-state index >= 15 is 0 Å². The number of benzene rings is 1. The number of hydrogen-bond donors (Lipinski definition) is 1. The second-order valence-corrected chi connectivity index (χ2v) is 6.14. The molecule has 1 aromatic carbocycles. The monoisotopic (exact) mass is 268 g/mol. The molecular formula is C13H16O2S2. The molecule has 0 saturated heterocycles. The molecule has 0 atom stereocenters. The molecule has 0 aromatic heterocycles. The van der Waals surface area contributed by atoms with E-state index in [1.165, 1.54) is 15.4 Å². The average Bonchev–Trinajstić information content (AvgIpc) is 3.08. The van der Waals surface area contributed by atoms with Crippen LogP contribution < -0.4 is 0 Å². The zero-order chi connectivity index (χ0) is 12.5. The van der Waals surface area contributed by atoms with Crippen molar-refractivity contribution in [3.05, 3.63) is 23.8 Å². The van der Waals surface area contributed by atoms with Crippen molar-refractivity contribution in [3.8, 4) is 0 Å². The summed E-state index contributed by atoms with van der Waals surface area (Å²) in [5.41, 5.74) is 1.14. The van der Waals surface area contributed by atoms with Crippen LogP contribution in [-0.4, -0.2) is 23.6 Å². The number of carbonyl (C=O) groups is 1. The fourth-order valence-corrected chi connectivity index (χ4v) is 3.48. The summed E-state index contributed by atoms with van der Waals surface area (Å²) in [4.78, 5) is 13.4. The minimum Gasteiger partial charge on any atom is -0.481 e. The lowest BCUT2D eigenvalue weighted by Gasteiger charge is -2.17. The van der Waals surface area contributed by atoms with E-state index in [1.54, 1.807) is 23.5 Å². The van der Waals surface area contributed by atoms with E-state index in [0.29, 0.717) is 0 Å². The van der Waals surface area contributed by atoms with Gasteiger partial charge in [0, 0.05) is 15.2 Å². The Kier molecular flexibility index (Phi) is 3.73. The highest BCUT2D eigenvalue weighted by molar-refractivity contribution is 7.99. The predicted octanol–water partition coefficient (Wildman–Crippen LogP) is 3.64. The number of hydrogen-bond acceptors (Lipinski definition) is 3. The van der Waals surface area contributed by atoms with Crippen LogP contribution in [0.5, 0.6) is 0 Å². The Bertz CT molecular complexity index is 439. The molecule has 0 spiro atoms. The summed E-state index contributed by atoms with van der Waals surface area (Å²) in [6.07, 6.45) is 6.39. The van der Waals surface area contributed by atoms with Crippen LogP contribution >= 0.6 is 23.5 Å². The third-order valence-electron chi connectivity index (χ3n) is 3.32. The summed E-state index contributed by atoms with van der Waals surface area (Å²) < 4.78 is 0. The Morgan fingerprint density at radius 2 is 2.06 bits per heavy atom. The van der Waals surface area contributed by atoms with Gasteiger partial charge in [0.2, 0.25) is 0 Å². The van der Waals surface area contributed by atoms with Crippen LogP contribution in [0.2, 0.25) is 0 Å². The zero-order valence-electron chi connectivity index (χ0n) is 10.0. The predicted molar refractivity (Wildman–Crippen MR) is 73.2 cm³/mol. The lowest BCUT2D eigenvalue weighted by atomic mass is 9.92. The topological polar surface area (TPSA) is 37.3 Å². The summed E-state index contributed by atoms with van der Waals surface area (Å²) in [5.74, 6) is -0.691. The van der Waals surface area contributed by atoms with Crippen molar-refractivity contribution in [3.63, 3.8) is 0 Å². The van der Waals surface area contributed by atoms with E-state index in [4.69, 9.17) is 5.11 Å². The number of thioether (sulfide) groups is 2. The van der Waals surface area contributed by atoms with Gasteiger partial charge in [-0.2, -0.15) is 0 Å². The molecular weight excluding hydrogens is 252 g/mol. The van der Waals surface area contributed by atoms with Gasteiger partial charge in [0.15, 0.2) is 0 Å². The van der Waals surface area contributed by atoms with Gasteiger partial charge >= 0.3 is 5.97 Å². The van der Waals surface area contributed by atoms with Gasteiger partial charge in [-0.25, -0.2) is 0 Å². The summed E-state index contributed by atoms with van der Waals surface area (Å²) in [6.45, 7) is 0. The smallest absolute Gasteiger partial charge is 0.304 e. The first kappa shape index (κ1) is 12.8. The Hall–Kier alpha value is -0.610. The third-order valence-corrected chi connectivity index (χ3v) is 4.83. The zero-order valence-corrected chi connectivity index (χ0v) is 11.7. The van der Waals surface area contributed by atoms with E-state index in [2.05, 4.69) is 30.7 Å². The first-order chi connectivity index (χ1) is 8.11. The Balaban J connectivity index is 2.35. The second kappa shape index (κ2) is 4.94. The van der Waals surface area contributed by atoms with Gasteiger partial charge in [-0.1, -0.05) is 6.07 Å². The molecule has 1 aliphatic rings. The Labute approximate surface area is 110 Å².